The zero-order valence-electron chi connectivity index (χ0n) is 12.9. The van der Waals surface area contributed by atoms with Crippen LogP contribution in [0.25, 0.3) is 32.3 Å². The predicted molar refractivity (Wildman–Crippen MR) is 100 cm³/mol. The highest BCUT2D eigenvalue weighted by molar-refractivity contribution is 7.19. The molecule has 24 heavy (non-hydrogen) atoms. The molecule has 0 aliphatic heterocycles. The molecule has 0 aliphatic carbocycles. The lowest BCUT2D eigenvalue weighted by Gasteiger charge is -2.02. The van der Waals surface area contributed by atoms with Crippen LogP contribution in [0.1, 0.15) is 0 Å². The molecule has 0 radical (unpaired) electrons. The van der Waals surface area contributed by atoms with E-state index in [1.165, 1.54) is 5.56 Å². The summed E-state index contributed by atoms with van der Waals surface area (Å²) in [5, 5.41) is 10.5. The van der Waals surface area contributed by atoms with Gasteiger partial charge >= 0.3 is 0 Å². The van der Waals surface area contributed by atoms with Crippen molar-refractivity contribution < 1.29 is 5.11 Å². The van der Waals surface area contributed by atoms with Crippen LogP contribution >= 0.6 is 11.3 Å². The van der Waals surface area contributed by atoms with Crippen molar-refractivity contribution in [3.05, 3.63) is 84.9 Å². The van der Waals surface area contributed by atoms with E-state index in [1.807, 2.05) is 48.5 Å². The first-order chi connectivity index (χ1) is 11.8. The highest BCUT2D eigenvalue weighted by Gasteiger charge is 2.15. The van der Waals surface area contributed by atoms with Gasteiger partial charge < -0.3 is 5.11 Å². The molecule has 3 heteroatoms. The zero-order valence-corrected chi connectivity index (χ0v) is 13.7. The van der Waals surface area contributed by atoms with E-state index >= 15 is 0 Å². The molecule has 2 nitrogen and oxygen atoms in total. The molecule has 116 valence electrons. The van der Waals surface area contributed by atoms with Gasteiger partial charge in [0.05, 0.1) is 10.6 Å². The fourth-order valence-electron chi connectivity index (χ4n) is 2.62. The Kier molecular flexibility index (Phi) is 3.85. The van der Waals surface area contributed by atoms with Gasteiger partial charge in [-0.2, -0.15) is 0 Å². The van der Waals surface area contributed by atoms with Gasteiger partial charge in [-0.15, -0.1) is 11.3 Å². The Morgan fingerprint density at radius 2 is 1.21 bits per heavy atom. The number of hydrogen-bond acceptors (Lipinski definition) is 3. The molecule has 0 aliphatic rings. The van der Waals surface area contributed by atoms with Crippen LogP contribution in [0, 0.1) is 0 Å². The van der Waals surface area contributed by atoms with Crippen molar-refractivity contribution >= 4 is 11.3 Å². The van der Waals surface area contributed by atoms with Crippen LogP contribution in [0.3, 0.4) is 0 Å². The summed E-state index contributed by atoms with van der Waals surface area (Å²) in [7, 11) is 0. The molecule has 0 saturated carbocycles. The summed E-state index contributed by atoms with van der Waals surface area (Å²) in [6, 6.07) is 27.8. The smallest absolute Gasteiger partial charge is 0.124 e. The number of nitrogens with zero attached hydrogens (tertiary/aromatic N) is 1. The van der Waals surface area contributed by atoms with Crippen LogP contribution in [0.15, 0.2) is 84.9 Å². The van der Waals surface area contributed by atoms with Crippen molar-refractivity contribution in [2.45, 2.75) is 0 Å². The SMILES string of the molecule is Oc1ccc(-c2nc(-c3ccccc3)c(-c3ccccc3)s2)cc1. The van der Waals surface area contributed by atoms with Crippen molar-refractivity contribution in [3.8, 4) is 38.0 Å². The second-order valence-electron chi connectivity index (χ2n) is 5.48. The summed E-state index contributed by atoms with van der Waals surface area (Å²) in [4.78, 5) is 6.05. The van der Waals surface area contributed by atoms with Crippen molar-refractivity contribution in [2.75, 3.05) is 0 Å². The Labute approximate surface area is 144 Å². The van der Waals surface area contributed by atoms with Crippen LogP contribution in [0.5, 0.6) is 5.75 Å². The number of aromatic nitrogens is 1. The van der Waals surface area contributed by atoms with Gasteiger partial charge in [-0.25, -0.2) is 4.98 Å². The number of phenolic OH excluding ortho intramolecular Hbond substituents is 1. The Balaban J connectivity index is 1.89. The molecule has 0 atom stereocenters. The average molecular weight is 329 g/mol. The molecule has 4 rings (SSSR count). The summed E-state index contributed by atoms with van der Waals surface area (Å²) < 4.78 is 0. The third-order valence-corrected chi connectivity index (χ3v) is 4.98. The Morgan fingerprint density at radius 1 is 0.625 bits per heavy atom. The van der Waals surface area contributed by atoms with Crippen LogP contribution in [0.2, 0.25) is 0 Å². The van der Waals surface area contributed by atoms with Gasteiger partial charge in [0.15, 0.2) is 0 Å². The normalized spacial score (nSPS) is 10.7. The van der Waals surface area contributed by atoms with Gasteiger partial charge in [-0.3, -0.25) is 0 Å². The largest absolute Gasteiger partial charge is 0.508 e. The molecular weight excluding hydrogens is 314 g/mol. The van der Waals surface area contributed by atoms with E-state index < -0.39 is 0 Å². The molecule has 0 spiro atoms. The van der Waals surface area contributed by atoms with E-state index in [1.54, 1.807) is 23.5 Å². The monoisotopic (exact) mass is 329 g/mol. The minimum atomic E-state index is 0.266. The first-order valence-corrected chi connectivity index (χ1v) is 8.54. The maximum absolute atomic E-state index is 9.50. The standard InChI is InChI=1S/C21H15NOS/c23-18-13-11-17(12-14-18)21-22-19(15-7-3-1-4-8-15)20(24-21)16-9-5-2-6-10-16/h1-14,23H. The van der Waals surface area contributed by atoms with Crippen molar-refractivity contribution in [1.82, 2.24) is 4.98 Å². The lowest BCUT2D eigenvalue weighted by molar-refractivity contribution is 0.475. The molecule has 0 saturated heterocycles. The number of thiazole rings is 1. The number of rotatable bonds is 3. The van der Waals surface area contributed by atoms with Crippen LogP contribution in [0.4, 0.5) is 0 Å². The first-order valence-electron chi connectivity index (χ1n) is 7.72. The number of hydrogen-bond donors (Lipinski definition) is 1. The van der Waals surface area contributed by atoms with Crippen molar-refractivity contribution in [2.24, 2.45) is 0 Å². The Morgan fingerprint density at radius 3 is 1.83 bits per heavy atom. The van der Waals surface area contributed by atoms with Gasteiger partial charge in [-0.1, -0.05) is 60.7 Å². The summed E-state index contributed by atoms with van der Waals surface area (Å²) >= 11 is 1.67. The molecule has 0 amide bonds. The molecule has 1 N–H and O–H groups in total. The van der Waals surface area contributed by atoms with Crippen LogP contribution in [-0.2, 0) is 0 Å². The molecule has 3 aromatic carbocycles. The second-order valence-corrected chi connectivity index (χ2v) is 6.47. The third kappa shape index (κ3) is 2.82. The van der Waals surface area contributed by atoms with E-state index in [0.29, 0.717) is 0 Å². The molecule has 1 heterocycles. The van der Waals surface area contributed by atoms with Gasteiger partial charge in [0, 0.05) is 11.1 Å². The van der Waals surface area contributed by atoms with E-state index in [-0.39, 0.29) is 5.75 Å². The molecule has 0 fully saturated rings. The fourth-order valence-corrected chi connectivity index (χ4v) is 3.72. The first kappa shape index (κ1) is 14.7. The highest BCUT2D eigenvalue weighted by atomic mass is 32.1. The maximum atomic E-state index is 9.50. The van der Waals surface area contributed by atoms with E-state index in [9.17, 15) is 5.11 Å². The minimum Gasteiger partial charge on any atom is -0.508 e. The Bertz CT molecular complexity index is 887. The zero-order chi connectivity index (χ0) is 16.4. The molecule has 4 aromatic rings. The number of phenols is 1. The molecular formula is C21H15NOS. The van der Waals surface area contributed by atoms with Crippen LogP contribution < -0.4 is 0 Å². The summed E-state index contributed by atoms with van der Waals surface area (Å²) in [5.74, 6) is 0.266. The lowest BCUT2D eigenvalue weighted by Crippen LogP contribution is -1.82. The number of benzene rings is 3. The van der Waals surface area contributed by atoms with Gasteiger partial charge in [-0.05, 0) is 29.8 Å². The maximum Gasteiger partial charge on any atom is 0.124 e. The highest BCUT2D eigenvalue weighted by Crippen LogP contribution is 2.40. The summed E-state index contributed by atoms with van der Waals surface area (Å²) in [6.07, 6.45) is 0. The lowest BCUT2D eigenvalue weighted by atomic mass is 10.1. The van der Waals surface area contributed by atoms with Gasteiger partial charge in [0.25, 0.3) is 0 Å². The topological polar surface area (TPSA) is 33.1 Å². The summed E-state index contributed by atoms with van der Waals surface area (Å²) in [6.45, 7) is 0. The molecule has 0 bridgehead atoms. The van der Waals surface area contributed by atoms with E-state index in [2.05, 4.69) is 24.3 Å². The van der Waals surface area contributed by atoms with E-state index in [4.69, 9.17) is 4.98 Å². The molecule has 0 unspecified atom stereocenters. The van der Waals surface area contributed by atoms with Gasteiger partial charge in [0.1, 0.15) is 10.8 Å². The van der Waals surface area contributed by atoms with Crippen molar-refractivity contribution in [3.63, 3.8) is 0 Å². The van der Waals surface area contributed by atoms with E-state index in [0.717, 1.165) is 26.7 Å². The minimum absolute atomic E-state index is 0.266. The molecule has 1 aromatic heterocycles. The Hall–Kier alpha value is -2.91. The van der Waals surface area contributed by atoms with Crippen molar-refractivity contribution in [1.29, 1.82) is 0 Å². The number of aromatic hydroxyl groups is 1. The third-order valence-electron chi connectivity index (χ3n) is 3.82. The predicted octanol–water partition coefficient (Wildman–Crippen LogP) is 5.85. The van der Waals surface area contributed by atoms with Gasteiger partial charge in [0.2, 0.25) is 0 Å². The second kappa shape index (κ2) is 6.30. The fraction of sp³-hybridized carbons (Fsp3) is 0. The average Bonchev–Trinajstić information content (AvgIpc) is 3.09. The quantitative estimate of drug-likeness (QED) is 0.511. The summed E-state index contributed by atoms with van der Waals surface area (Å²) in [5.41, 5.74) is 4.28. The van der Waals surface area contributed by atoms with Crippen LogP contribution in [-0.4, -0.2) is 10.1 Å².